The van der Waals surface area contributed by atoms with Crippen LogP contribution in [0.25, 0.3) is 0 Å². The fraction of sp³-hybridized carbons (Fsp3) is 0.538. The topological polar surface area (TPSA) is 71.3 Å². The van der Waals surface area contributed by atoms with Crippen LogP contribution in [0.5, 0.6) is 0 Å². The molecule has 1 rings (SSSR count). The summed E-state index contributed by atoms with van der Waals surface area (Å²) < 4.78 is 1.87. The lowest BCUT2D eigenvalue weighted by Gasteiger charge is -2.09. The van der Waals surface area contributed by atoms with E-state index in [0.717, 1.165) is 12.1 Å². The number of nitrogens with one attached hydrogen (secondary N) is 1. The summed E-state index contributed by atoms with van der Waals surface area (Å²) in [6, 6.07) is 1.64. The number of nitrogens with zero attached hydrogens (tertiary/aromatic N) is 1. The Bertz CT molecular complexity index is 449. The van der Waals surface area contributed by atoms with Crippen LogP contribution in [0.4, 0.5) is 0 Å². The smallest absolute Gasteiger partial charge is 0.337 e. The molecule has 0 aliphatic heterocycles. The number of aromatic carboxylic acids is 1. The van der Waals surface area contributed by atoms with Gasteiger partial charge in [-0.05, 0) is 26.3 Å². The van der Waals surface area contributed by atoms with E-state index in [1.165, 1.54) is 0 Å². The van der Waals surface area contributed by atoms with Crippen molar-refractivity contribution in [1.82, 2.24) is 9.88 Å². The lowest BCUT2D eigenvalue weighted by atomic mass is 10.2. The zero-order valence-corrected chi connectivity index (χ0v) is 11.1. The maximum absolute atomic E-state index is 11.5. The first-order valence-corrected chi connectivity index (χ1v) is 6.14. The molecule has 0 fully saturated rings. The fourth-order valence-corrected chi connectivity index (χ4v) is 1.93. The maximum Gasteiger partial charge on any atom is 0.337 e. The Labute approximate surface area is 107 Å². The van der Waals surface area contributed by atoms with Gasteiger partial charge in [-0.15, -0.1) is 0 Å². The molecule has 18 heavy (non-hydrogen) atoms. The van der Waals surface area contributed by atoms with Gasteiger partial charge in [0.05, 0.1) is 5.56 Å². The molecule has 0 saturated carbocycles. The summed E-state index contributed by atoms with van der Waals surface area (Å²) in [6.45, 7) is 6.81. The summed E-state index contributed by atoms with van der Waals surface area (Å²) in [4.78, 5) is 22.5. The minimum Gasteiger partial charge on any atom is -0.478 e. The molecule has 1 aromatic rings. The quantitative estimate of drug-likeness (QED) is 0.809. The Morgan fingerprint density at radius 2 is 2.06 bits per heavy atom. The van der Waals surface area contributed by atoms with Crippen molar-refractivity contribution in [3.8, 4) is 0 Å². The van der Waals surface area contributed by atoms with Crippen molar-refractivity contribution in [2.24, 2.45) is 0 Å². The number of amides is 1. The van der Waals surface area contributed by atoms with Crippen LogP contribution < -0.4 is 5.32 Å². The van der Waals surface area contributed by atoms with E-state index in [4.69, 9.17) is 5.11 Å². The molecular formula is C13H20N2O3. The summed E-state index contributed by atoms with van der Waals surface area (Å²) >= 11 is 0. The number of carbonyl (C=O) groups excluding carboxylic acids is 1. The molecule has 100 valence electrons. The minimum absolute atomic E-state index is 0.00113. The van der Waals surface area contributed by atoms with Gasteiger partial charge in [0.2, 0.25) is 5.91 Å². The van der Waals surface area contributed by atoms with Gasteiger partial charge in [0.15, 0.2) is 0 Å². The highest BCUT2D eigenvalue weighted by atomic mass is 16.4. The van der Waals surface area contributed by atoms with E-state index in [9.17, 15) is 9.59 Å². The standard InChI is InChI=1S/C13H20N2O3/c1-4-6-14-12(16)5-7-15-9(2)8-11(10(15)3)13(17)18/h8H,4-7H2,1-3H3,(H,14,16)(H,17,18). The second kappa shape index (κ2) is 6.23. The van der Waals surface area contributed by atoms with E-state index in [1.807, 2.05) is 18.4 Å². The molecule has 1 amide bonds. The highest BCUT2D eigenvalue weighted by Gasteiger charge is 2.14. The average Bonchev–Trinajstić information content (AvgIpc) is 2.60. The first kappa shape index (κ1) is 14.3. The van der Waals surface area contributed by atoms with E-state index in [0.29, 0.717) is 30.8 Å². The largest absolute Gasteiger partial charge is 0.478 e. The van der Waals surface area contributed by atoms with Crippen molar-refractivity contribution < 1.29 is 14.7 Å². The predicted molar refractivity (Wildman–Crippen MR) is 68.8 cm³/mol. The van der Waals surface area contributed by atoms with Crippen molar-refractivity contribution in [1.29, 1.82) is 0 Å². The van der Waals surface area contributed by atoms with Crippen molar-refractivity contribution in [2.75, 3.05) is 6.54 Å². The number of aryl methyl sites for hydroxylation is 1. The van der Waals surface area contributed by atoms with Gasteiger partial charge in [-0.1, -0.05) is 6.92 Å². The number of hydrogen-bond donors (Lipinski definition) is 2. The lowest BCUT2D eigenvalue weighted by molar-refractivity contribution is -0.121. The third kappa shape index (κ3) is 3.35. The number of rotatable bonds is 6. The summed E-state index contributed by atoms with van der Waals surface area (Å²) in [5.41, 5.74) is 1.87. The van der Waals surface area contributed by atoms with Crippen LogP contribution in [-0.2, 0) is 11.3 Å². The van der Waals surface area contributed by atoms with E-state index in [2.05, 4.69) is 5.32 Å². The maximum atomic E-state index is 11.5. The Morgan fingerprint density at radius 3 is 2.56 bits per heavy atom. The van der Waals surface area contributed by atoms with E-state index >= 15 is 0 Å². The third-order valence-electron chi connectivity index (χ3n) is 2.94. The second-order valence-corrected chi connectivity index (χ2v) is 4.34. The van der Waals surface area contributed by atoms with Crippen molar-refractivity contribution in [3.05, 3.63) is 23.0 Å². The molecule has 0 bridgehead atoms. The van der Waals surface area contributed by atoms with Crippen LogP contribution in [-0.4, -0.2) is 28.1 Å². The van der Waals surface area contributed by atoms with Gasteiger partial charge in [-0.2, -0.15) is 0 Å². The zero-order valence-electron chi connectivity index (χ0n) is 11.1. The molecule has 0 unspecified atom stereocenters. The van der Waals surface area contributed by atoms with Gasteiger partial charge in [0, 0.05) is 30.9 Å². The zero-order chi connectivity index (χ0) is 13.7. The monoisotopic (exact) mass is 252 g/mol. The van der Waals surface area contributed by atoms with Gasteiger partial charge < -0.3 is 15.0 Å². The van der Waals surface area contributed by atoms with E-state index < -0.39 is 5.97 Å². The van der Waals surface area contributed by atoms with Crippen LogP contribution >= 0.6 is 0 Å². The molecule has 5 heteroatoms. The van der Waals surface area contributed by atoms with Crippen LogP contribution in [0, 0.1) is 13.8 Å². The molecule has 1 heterocycles. The predicted octanol–water partition coefficient (Wildman–Crippen LogP) is 1.72. The number of carboxylic acid groups (broad SMARTS) is 1. The van der Waals surface area contributed by atoms with Crippen LogP contribution in [0.1, 0.15) is 41.5 Å². The minimum atomic E-state index is -0.926. The van der Waals surface area contributed by atoms with Gasteiger partial charge in [-0.3, -0.25) is 4.79 Å². The third-order valence-corrected chi connectivity index (χ3v) is 2.94. The number of carboxylic acids is 1. The first-order valence-electron chi connectivity index (χ1n) is 6.14. The van der Waals surface area contributed by atoms with Crippen molar-refractivity contribution >= 4 is 11.9 Å². The Kier molecular flexibility index (Phi) is 4.95. The highest BCUT2D eigenvalue weighted by Crippen LogP contribution is 2.15. The lowest BCUT2D eigenvalue weighted by Crippen LogP contribution is -2.25. The average molecular weight is 252 g/mol. The molecular weight excluding hydrogens is 232 g/mol. The Balaban J connectivity index is 2.68. The molecule has 1 aromatic heterocycles. The SMILES string of the molecule is CCCNC(=O)CCn1c(C)cc(C(=O)O)c1C. The summed E-state index contributed by atoms with van der Waals surface area (Å²) in [6.07, 6.45) is 1.28. The molecule has 0 spiro atoms. The van der Waals surface area contributed by atoms with Gasteiger partial charge in [-0.25, -0.2) is 4.79 Å². The van der Waals surface area contributed by atoms with Crippen LogP contribution in [0.3, 0.4) is 0 Å². The number of hydrogen-bond acceptors (Lipinski definition) is 2. The molecule has 0 aromatic carbocycles. The molecule has 2 N–H and O–H groups in total. The van der Waals surface area contributed by atoms with E-state index in [1.54, 1.807) is 13.0 Å². The van der Waals surface area contributed by atoms with Crippen LogP contribution in [0.2, 0.25) is 0 Å². The van der Waals surface area contributed by atoms with Gasteiger partial charge >= 0.3 is 5.97 Å². The second-order valence-electron chi connectivity index (χ2n) is 4.34. The molecule has 0 radical (unpaired) electrons. The molecule has 0 aliphatic carbocycles. The summed E-state index contributed by atoms with van der Waals surface area (Å²) in [7, 11) is 0. The number of carbonyl (C=O) groups is 2. The van der Waals surface area contributed by atoms with Crippen molar-refractivity contribution in [3.63, 3.8) is 0 Å². The van der Waals surface area contributed by atoms with Gasteiger partial charge in [0.1, 0.15) is 0 Å². The van der Waals surface area contributed by atoms with Crippen LogP contribution in [0.15, 0.2) is 6.07 Å². The Hall–Kier alpha value is -1.78. The molecule has 0 atom stereocenters. The van der Waals surface area contributed by atoms with Crippen molar-refractivity contribution in [2.45, 2.75) is 40.2 Å². The first-order chi connectivity index (χ1) is 8.47. The van der Waals surface area contributed by atoms with E-state index in [-0.39, 0.29) is 5.91 Å². The number of aromatic nitrogens is 1. The Morgan fingerprint density at radius 1 is 1.39 bits per heavy atom. The molecule has 5 nitrogen and oxygen atoms in total. The highest BCUT2D eigenvalue weighted by molar-refractivity contribution is 5.89. The fourth-order valence-electron chi connectivity index (χ4n) is 1.93. The molecule has 0 saturated heterocycles. The summed E-state index contributed by atoms with van der Waals surface area (Å²) in [5, 5.41) is 11.8. The summed E-state index contributed by atoms with van der Waals surface area (Å²) in [5.74, 6) is -0.925. The molecule has 0 aliphatic rings. The van der Waals surface area contributed by atoms with Gasteiger partial charge in [0.25, 0.3) is 0 Å². The normalized spacial score (nSPS) is 10.4.